The quantitative estimate of drug-likeness (QED) is 0.914. The minimum atomic E-state index is -0.500. The number of hydrogen-bond acceptors (Lipinski definition) is 2. The summed E-state index contributed by atoms with van der Waals surface area (Å²) >= 11 is 0. The van der Waals surface area contributed by atoms with Gasteiger partial charge in [-0.05, 0) is 51.3 Å². The van der Waals surface area contributed by atoms with Gasteiger partial charge >= 0.3 is 0 Å². The average Bonchev–Trinajstić information content (AvgIpc) is 3.26. The van der Waals surface area contributed by atoms with E-state index in [1.165, 1.54) is 25.3 Å². The van der Waals surface area contributed by atoms with Crippen LogP contribution in [0.1, 0.15) is 43.7 Å². The number of nitrogens with zero attached hydrogens (tertiary/aromatic N) is 1. The maximum Gasteiger partial charge on any atom is 0.130 e. The summed E-state index contributed by atoms with van der Waals surface area (Å²) in [4.78, 5) is 2.24. The second-order valence-electron chi connectivity index (χ2n) is 6.53. The molecule has 3 rings (SSSR count). The molecule has 2 unspecified atom stereocenters. The van der Waals surface area contributed by atoms with E-state index in [-0.39, 0.29) is 6.04 Å². The van der Waals surface area contributed by atoms with Crippen molar-refractivity contribution in [2.24, 2.45) is 5.92 Å². The first-order valence-electron chi connectivity index (χ1n) is 8.03. The summed E-state index contributed by atoms with van der Waals surface area (Å²) in [5.74, 6) is -0.525. The molecule has 1 aliphatic carbocycles. The molecule has 2 atom stereocenters. The third kappa shape index (κ3) is 3.61. The fourth-order valence-corrected chi connectivity index (χ4v) is 3.48. The summed E-state index contributed by atoms with van der Waals surface area (Å²) < 4.78 is 27.4. The van der Waals surface area contributed by atoms with Gasteiger partial charge in [0.25, 0.3) is 0 Å². The molecule has 2 aliphatic rings. The van der Waals surface area contributed by atoms with Crippen molar-refractivity contribution in [2.75, 3.05) is 20.1 Å². The normalized spacial score (nSPS) is 27.6. The molecule has 0 radical (unpaired) electrons. The first-order chi connectivity index (χ1) is 10.1. The fourth-order valence-electron chi connectivity index (χ4n) is 3.48. The lowest BCUT2D eigenvalue weighted by Crippen LogP contribution is -2.36. The van der Waals surface area contributed by atoms with Crippen LogP contribution in [0, 0.1) is 17.6 Å². The summed E-state index contributed by atoms with van der Waals surface area (Å²) in [7, 11) is 2.06. The van der Waals surface area contributed by atoms with Gasteiger partial charge < -0.3 is 5.32 Å². The van der Waals surface area contributed by atoms with Gasteiger partial charge in [0.05, 0.1) is 0 Å². The Morgan fingerprint density at radius 3 is 2.71 bits per heavy atom. The molecule has 0 aromatic heterocycles. The first-order valence-corrected chi connectivity index (χ1v) is 8.03. The summed E-state index contributed by atoms with van der Waals surface area (Å²) in [6.45, 7) is 1.90. The molecule has 0 bridgehead atoms. The summed E-state index contributed by atoms with van der Waals surface area (Å²) in [5, 5.41) is 3.58. The topological polar surface area (TPSA) is 15.3 Å². The van der Waals surface area contributed by atoms with E-state index in [0.29, 0.717) is 17.5 Å². The zero-order valence-corrected chi connectivity index (χ0v) is 12.6. The van der Waals surface area contributed by atoms with Gasteiger partial charge in [-0.25, -0.2) is 8.78 Å². The number of benzene rings is 1. The number of nitrogens with one attached hydrogen (secondary N) is 1. The number of rotatable bonds is 4. The molecule has 21 heavy (non-hydrogen) atoms. The molecular weight excluding hydrogens is 270 g/mol. The third-order valence-electron chi connectivity index (χ3n) is 4.78. The van der Waals surface area contributed by atoms with Crippen molar-refractivity contribution in [3.05, 3.63) is 35.4 Å². The number of hydrogen-bond donors (Lipinski definition) is 1. The van der Waals surface area contributed by atoms with Crippen molar-refractivity contribution in [3.63, 3.8) is 0 Å². The van der Waals surface area contributed by atoms with Crippen molar-refractivity contribution in [1.29, 1.82) is 0 Å². The van der Waals surface area contributed by atoms with Crippen LogP contribution >= 0.6 is 0 Å². The molecule has 4 heteroatoms. The van der Waals surface area contributed by atoms with E-state index in [1.54, 1.807) is 6.07 Å². The van der Waals surface area contributed by atoms with Gasteiger partial charge in [0.2, 0.25) is 0 Å². The zero-order valence-electron chi connectivity index (χ0n) is 12.6. The highest BCUT2D eigenvalue weighted by Crippen LogP contribution is 2.36. The van der Waals surface area contributed by atoms with Gasteiger partial charge in [0, 0.05) is 30.3 Å². The highest BCUT2D eigenvalue weighted by Gasteiger charge is 2.32. The van der Waals surface area contributed by atoms with E-state index in [1.807, 2.05) is 0 Å². The number of likely N-dealkylation sites (tertiary alicyclic amines) is 1. The van der Waals surface area contributed by atoms with Crippen LogP contribution in [0.25, 0.3) is 0 Å². The maximum absolute atomic E-state index is 14.2. The van der Waals surface area contributed by atoms with Crippen LogP contribution in [0.4, 0.5) is 8.78 Å². The lowest BCUT2D eigenvalue weighted by molar-refractivity contribution is 0.184. The zero-order chi connectivity index (χ0) is 14.8. The summed E-state index contributed by atoms with van der Waals surface area (Å²) in [6, 6.07) is 4.72. The average molecular weight is 294 g/mol. The van der Waals surface area contributed by atoms with E-state index in [2.05, 4.69) is 17.3 Å². The minimum Gasteiger partial charge on any atom is -0.314 e. The maximum atomic E-state index is 14.2. The van der Waals surface area contributed by atoms with Gasteiger partial charge in [-0.3, -0.25) is 4.90 Å². The Morgan fingerprint density at radius 2 is 2.00 bits per heavy atom. The molecule has 1 aromatic rings. The standard InChI is InChI=1S/C17H24F2N2/c1-21-9-3-2-4-12(11-20-14-6-7-14)17(21)15-8-5-13(18)10-16(15)19/h5,8,10,12,14,17,20H,2-4,6-7,9,11H2,1H3. The molecule has 1 saturated heterocycles. The SMILES string of the molecule is CN1CCCCC(CNC2CC2)C1c1ccc(F)cc1F. The monoisotopic (exact) mass is 294 g/mol. The molecule has 1 saturated carbocycles. The highest BCUT2D eigenvalue weighted by molar-refractivity contribution is 5.23. The van der Waals surface area contributed by atoms with Gasteiger partial charge in [0.1, 0.15) is 11.6 Å². The van der Waals surface area contributed by atoms with Crippen molar-refractivity contribution in [1.82, 2.24) is 10.2 Å². The van der Waals surface area contributed by atoms with E-state index in [0.717, 1.165) is 32.0 Å². The molecule has 116 valence electrons. The molecule has 1 N–H and O–H groups in total. The Kier molecular flexibility index (Phi) is 4.55. The van der Waals surface area contributed by atoms with Crippen LogP contribution in [-0.4, -0.2) is 31.1 Å². The van der Waals surface area contributed by atoms with Gasteiger partial charge in [-0.1, -0.05) is 12.5 Å². The Morgan fingerprint density at radius 1 is 1.19 bits per heavy atom. The van der Waals surface area contributed by atoms with Crippen LogP contribution < -0.4 is 5.32 Å². The van der Waals surface area contributed by atoms with Gasteiger partial charge in [0.15, 0.2) is 0 Å². The van der Waals surface area contributed by atoms with E-state index in [4.69, 9.17) is 0 Å². The smallest absolute Gasteiger partial charge is 0.130 e. The second-order valence-corrected chi connectivity index (χ2v) is 6.53. The van der Waals surface area contributed by atoms with E-state index >= 15 is 0 Å². The predicted molar refractivity (Wildman–Crippen MR) is 80.1 cm³/mol. The summed E-state index contributed by atoms with van der Waals surface area (Å²) in [6.07, 6.45) is 5.96. The van der Waals surface area contributed by atoms with E-state index < -0.39 is 11.6 Å². The molecule has 0 amide bonds. The van der Waals surface area contributed by atoms with Crippen molar-refractivity contribution < 1.29 is 8.78 Å². The molecule has 1 heterocycles. The van der Waals surface area contributed by atoms with Crippen LogP contribution in [-0.2, 0) is 0 Å². The molecule has 2 nitrogen and oxygen atoms in total. The Labute approximate surface area is 125 Å². The lowest BCUT2D eigenvalue weighted by Gasteiger charge is -2.33. The number of halogens is 2. The molecule has 1 aliphatic heterocycles. The van der Waals surface area contributed by atoms with Crippen LogP contribution in [0.2, 0.25) is 0 Å². The first kappa shape index (κ1) is 14.9. The summed E-state index contributed by atoms with van der Waals surface area (Å²) in [5.41, 5.74) is 0.642. The van der Waals surface area contributed by atoms with Crippen LogP contribution in [0.5, 0.6) is 0 Å². The molecule has 1 aromatic carbocycles. The second kappa shape index (κ2) is 6.41. The van der Waals surface area contributed by atoms with Crippen LogP contribution in [0.3, 0.4) is 0 Å². The lowest BCUT2D eigenvalue weighted by atomic mass is 9.89. The fraction of sp³-hybridized carbons (Fsp3) is 0.647. The van der Waals surface area contributed by atoms with Gasteiger partial charge in [-0.2, -0.15) is 0 Å². The van der Waals surface area contributed by atoms with Crippen molar-refractivity contribution in [2.45, 2.75) is 44.2 Å². The minimum absolute atomic E-state index is 0.0411. The molecular formula is C17H24F2N2. The third-order valence-corrected chi connectivity index (χ3v) is 4.78. The Hall–Kier alpha value is -1.00. The molecule has 2 fully saturated rings. The highest BCUT2D eigenvalue weighted by atomic mass is 19.1. The Bertz CT molecular complexity index is 488. The largest absolute Gasteiger partial charge is 0.314 e. The van der Waals surface area contributed by atoms with Crippen molar-refractivity contribution >= 4 is 0 Å². The van der Waals surface area contributed by atoms with Gasteiger partial charge in [-0.15, -0.1) is 0 Å². The van der Waals surface area contributed by atoms with E-state index in [9.17, 15) is 8.78 Å². The molecule has 0 spiro atoms. The predicted octanol–water partition coefficient (Wildman–Crippen LogP) is 3.49. The van der Waals surface area contributed by atoms with Crippen molar-refractivity contribution in [3.8, 4) is 0 Å². The van der Waals surface area contributed by atoms with Crippen LogP contribution in [0.15, 0.2) is 18.2 Å². The Balaban J connectivity index is 1.83.